The molecule has 0 fully saturated rings. The van der Waals surface area contributed by atoms with Gasteiger partial charge in [0, 0.05) is 22.8 Å². The average Bonchev–Trinajstić information content (AvgIpc) is 2.78. The Hall–Kier alpha value is -2.97. The number of nitrogens with one attached hydrogen (secondary N) is 2. The van der Waals surface area contributed by atoms with E-state index >= 15 is 0 Å². The molecular formula is C23H24N2O4S2. The Labute approximate surface area is 187 Å². The molecule has 0 aliphatic heterocycles. The predicted octanol–water partition coefficient (Wildman–Crippen LogP) is 4.33. The molecule has 6 nitrogen and oxygen atoms in total. The van der Waals surface area contributed by atoms with E-state index in [4.69, 9.17) is 4.74 Å². The van der Waals surface area contributed by atoms with Crippen LogP contribution >= 0.6 is 11.8 Å². The molecule has 0 unspecified atom stereocenters. The SMILES string of the molecule is COc1ccccc1NS(=O)(=O)c1ccc(C(=O)NCCSc2ccc(C)cc2)cc1. The number of rotatable bonds is 9. The summed E-state index contributed by atoms with van der Waals surface area (Å²) in [7, 11) is -2.34. The largest absolute Gasteiger partial charge is 0.495 e. The van der Waals surface area contributed by atoms with Gasteiger partial charge >= 0.3 is 0 Å². The lowest BCUT2D eigenvalue weighted by molar-refractivity contribution is 0.0956. The van der Waals surface area contributed by atoms with Crippen LogP contribution < -0.4 is 14.8 Å². The van der Waals surface area contributed by atoms with Crippen LogP contribution in [0.15, 0.2) is 82.6 Å². The Morgan fingerprint density at radius 2 is 1.65 bits per heavy atom. The van der Waals surface area contributed by atoms with Gasteiger partial charge in [0.2, 0.25) is 0 Å². The van der Waals surface area contributed by atoms with Gasteiger partial charge in [-0.15, -0.1) is 11.8 Å². The van der Waals surface area contributed by atoms with Crippen molar-refractivity contribution in [1.29, 1.82) is 0 Å². The van der Waals surface area contributed by atoms with Crippen LogP contribution in [0.2, 0.25) is 0 Å². The van der Waals surface area contributed by atoms with Crippen LogP contribution in [0.1, 0.15) is 15.9 Å². The fourth-order valence-corrected chi connectivity index (χ4v) is 4.63. The van der Waals surface area contributed by atoms with Crippen molar-refractivity contribution in [2.24, 2.45) is 0 Å². The van der Waals surface area contributed by atoms with E-state index in [1.54, 1.807) is 36.0 Å². The fourth-order valence-electron chi connectivity index (χ4n) is 2.79. The zero-order valence-electron chi connectivity index (χ0n) is 17.3. The van der Waals surface area contributed by atoms with Crippen LogP contribution in [0, 0.1) is 6.92 Å². The highest BCUT2D eigenvalue weighted by molar-refractivity contribution is 7.99. The summed E-state index contributed by atoms with van der Waals surface area (Å²) in [6.45, 7) is 2.55. The van der Waals surface area contributed by atoms with Gasteiger partial charge in [-0.1, -0.05) is 29.8 Å². The molecule has 162 valence electrons. The van der Waals surface area contributed by atoms with Gasteiger partial charge in [0.05, 0.1) is 17.7 Å². The summed E-state index contributed by atoms with van der Waals surface area (Å²) >= 11 is 1.66. The Balaban J connectivity index is 1.56. The van der Waals surface area contributed by atoms with Crippen molar-refractivity contribution in [2.45, 2.75) is 16.7 Å². The predicted molar refractivity (Wildman–Crippen MR) is 124 cm³/mol. The van der Waals surface area contributed by atoms with E-state index in [0.717, 1.165) is 10.6 Å². The van der Waals surface area contributed by atoms with Gasteiger partial charge in [-0.25, -0.2) is 8.42 Å². The van der Waals surface area contributed by atoms with Gasteiger partial charge in [0.15, 0.2) is 0 Å². The minimum Gasteiger partial charge on any atom is -0.495 e. The maximum Gasteiger partial charge on any atom is 0.262 e. The molecular weight excluding hydrogens is 432 g/mol. The number of methoxy groups -OCH3 is 1. The number of sulfonamides is 1. The van der Waals surface area contributed by atoms with E-state index in [2.05, 4.69) is 34.3 Å². The maximum absolute atomic E-state index is 12.6. The van der Waals surface area contributed by atoms with E-state index in [-0.39, 0.29) is 10.8 Å². The highest BCUT2D eigenvalue weighted by atomic mass is 32.2. The Morgan fingerprint density at radius 3 is 2.32 bits per heavy atom. The van der Waals surface area contributed by atoms with E-state index in [1.807, 2.05) is 6.92 Å². The van der Waals surface area contributed by atoms with Crippen LogP contribution in [0.4, 0.5) is 5.69 Å². The first-order valence-corrected chi connectivity index (χ1v) is 12.1. The van der Waals surface area contributed by atoms with Crippen molar-refractivity contribution in [2.75, 3.05) is 24.1 Å². The molecule has 0 radical (unpaired) electrons. The molecule has 0 spiro atoms. The molecule has 3 aromatic rings. The van der Waals surface area contributed by atoms with Gasteiger partial charge in [-0.3, -0.25) is 9.52 Å². The van der Waals surface area contributed by atoms with Crippen LogP contribution in [-0.4, -0.2) is 33.7 Å². The number of ether oxygens (including phenoxy) is 1. The highest BCUT2D eigenvalue weighted by Crippen LogP contribution is 2.26. The number of hydrogen-bond donors (Lipinski definition) is 2. The average molecular weight is 457 g/mol. The third-order valence-corrected chi connectivity index (χ3v) is 6.85. The van der Waals surface area contributed by atoms with Crippen LogP contribution in [0.25, 0.3) is 0 Å². The van der Waals surface area contributed by atoms with Gasteiger partial charge in [-0.2, -0.15) is 0 Å². The van der Waals surface area contributed by atoms with Crippen LogP contribution in [0.3, 0.4) is 0 Å². The van der Waals surface area contributed by atoms with Crippen LogP contribution in [0.5, 0.6) is 5.75 Å². The topological polar surface area (TPSA) is 84.5 Å². The summed E-state index contributed by atoms with van der Waals surface area (Å²) in [5, 5.41) is 2.85. The lowest BCUT2D eigenvalue weighted by atomic mass is 10.2. The third-order valence-electron chi connectivity index (χ3n) is 4.46. The molecule has 0 aliphatic carbocycles. The zero-order valence-corrected chi connectivity index (χ0v) is 18.9. The number of carbonyl (C=O) groups excluding carboxylic acids is 1. The molecule has 31 heavy (non-hydrogen) atoms. The normalized spacial score (nSPS) is 11.0. The van der Waals surface area contributed by atoms with Gasteiger partial charge in [0.1, 0.15) is 5.75 Å². The van der Waals surface area contributed by atoms with Gasteiger partial charge < -0.3 is 10.1 Å². The summed E-state index contributed by atoms with van der Waals surface area (Å²) in [6, 6.07) is 20.8. The smallest absolute Gasteiger partial charge is 0.262 e. The summed E-state index contributed by atoms with van der Waals surface area (Å²) in [5.74, 6) is 0.918. The first-order valence-electron chi connectivity index (χ1n) is 9.62. The quantitative estimate of drug-likeness (QED) is 0.370. The molecule has 0 saturated carbocycles. The summed E-state index contributed by atoms with van der Waals surface area (Å²) < 4.78 is 33.0. The second kappa shape index (κ2) is 10.4. The van der Waals surface area contributed by atoms with Crippen LogP contribution in [-0.2, 0) is 10.0 Å². The molecule has 3 aromatic carbocycles. The number of amides is 1. The Bertz CT molecular complexity index is 1130. The lowest BCUT2D eigenvalue weighted by Gasteiger charge is -2.12. The third kappa shape index (κ3) is 6.26. The van der Waals surface area contributed by atoms with Crippen molar-refractivity contribution in [3.05, 3.63) is 83.9 Å². The lowest BCUT2D eigenvalue weighted by Crippen LogP contribution is -2.25. The Morgan fingerprint density at radius 1 is 0.968 bits per heavy atom. The molecule has 0 saturated heterocycles. The second-order valence-corrected chi connectivity index (χ2v) is 9.60. The fraction of sp³-hybridized carbons (Fsp3) is 0.174. The van der Waals surface area contributed by atoms with E-state index in [0.29, 0.717) is 23.5 Å². The number of thioether (sulfide) groups is 1. The molecule has 0 bridgehead atoms. The molecule has 8 heteroatoms. The maximum atomic E-state index is 12.6. The van der Waals surface area contributed by atoms with Crippen molar-refractivity contribution in [3.63, 3.8) is 0 Å². The minimum atomic E-state index is -3.81. The number of anilines is 1. The summed E-state index contributed by atoms with van der Waals surface area (Å²) in [4.78, 5) is 13.5. The van der Waals surface area contributed by atoms with Crippen molar-refractivity contribution in [1.82, 2.24) is 5.32 Å². The first kappa shape index (κ1) is 22.7. The Kier molecular flexibility index (Phi) is 7.59. The number of benzene rings is 3. The highest BCUT2D eigenvalue weighted by Gasteiger charge is 2.17. The monoisotopic (exact) mass is 456 g/mol. The minimum absolute atomic E-state index is 0.0601. The number of hydrogen-bond acceptors (Lipinski definition) is 5. The first-order chi connectivity index (χ1) is 14.9. The molecule has 3 rings (SSSR count). The zero-order chi connectivity index (χ0) is 22.3. The van der Waals surface area contributed by atoms with Crippen molar-refractivity contribution >= 4 is 33.4 Å². The molecule has 0 atom stereocenters. The molecule has 0 aromatic heterocycles. The number of para-hydroxylation sites is 2. The van der Waals surface area contributed by atoms with E-state index < -0.39 is 10.0 Å². The van der Waals surface area contributed by atoms with Gasteiger partial charge in [-0.05, 0) is 55.5 Å². The molecule has 2 N–H and O–H groups in total. The van der Waals surface area contributed by atoms with E-state index in [1.165, 1.54) is 36.9 Å². The number of carbonyl (C=O) groups is 1. The standard InChI is InChI=1S/C23H24N2O4S2/c1-17-7-11-19(12-8-17)30-16-15-24-23(26)18-9-13-20(14-10-18)31(27,28)25-21-5-3-4-6-22(21)29-2/h3-14,25H,15-16H2,1-2H3,(H,24,26). The summed E-state index contributed by atoms with van der Waals surface area (Å²) in [6.07, 6.45) is 0. The van der Waals surface area contributed by atoms with Crippen molar-refractivity contribution in [3.8, 4) is 5.75 Å². The molecule has 0 aliphatic rings. The summed E-state index contributed by atoms with van der Waals surface area (Å²) in [5.41, 5.74) is 1.95. The van der Waals surface area contributed by atoms with E-state index in [9.17, 15) is 13.2 Å². The number of aryl methyl sites for hydroxylation is 1. The van der Waals surface area contributed by atoms with Crippen molar-refractivity contribution < 1.29 is 17.9 Å². The molecule has 0 heterocycles. The second-order valence-electron chi connectivity index (χ2n) is 6.75. The molecule has 1 amide bonds. The van der Waals surface area contributed by atoms with Gasteiger partial charge in [0.25, 0.3) is 15.9 Å².